The van der Waals surface area contributed by atoms with E-state index in [2.05, 4.69) is 29.8 Å². The monoisotopic (exact) mass is 667 g/mol. The van der Waals surface area contributed by atoms with Gasteiger partial charge in [-0.2, -0.15) is 11.8 Å². The van der Waals surface area contributed by atoms with Gasteiger partial charge in [-0.25, -0.2) is 0 Å². The zero-order valence-electron chi connectivity index (χ0n) is 30.4. The second kappa shape index (κ2) is 31.2. The fourth-order valence-electron chi connectivity index (χ4n) is 6.18. The molecule has 0 saturated carbocycles. The van der Waals surface area contributed by atoms with Gasteiger partial charge in [-0.05, 0) is 18.6 Å². The van der Waals surface area contributed by atoms with E-state index in [1.54, 1.807) is 0 Å². The molecule has 0 aliphatic carbocycles. The van der Waals surface area contributed by atoms with Gasteiger partial charge in [0.25, 0.3) is 0 Å². The summed E-state index contributed by atoms with van der Waals surface area (Å²) in [7, 11) is 0. The Kier molecular flexibility index (Phi) is 29.1. The summed E-state index contributed by atoms with van der Waals surface area (Å²) in [6.07, 6.45) is 27.7. The fourth-order valence-corrected chi connectivity index (χ4v) is 7.26. The standard InChI is InChI=1S/C38H74N4O3S/c1-4-6-8-10-12-14-16-18-20-22-24-35-32-36(43)42(38(35)45)30-29-40-26-25-39-27-28-41-37(44)34(3)33-46-31-23-21-19-17-15-13-11-9-7-5-2/h34-35,39-40H,4-33H2,1-3H3,(H,41,44). The van der Waals surface area contributed by atoms with Crippen LogP contribution >= 0.6 is 11.8 Å². The molecule has 0 aromatic heterocycles. The summed E-state index contributed by atoms with van der Waals surface area (Å²) in [5, 5.41) is 9.73. The van der Waals surface area contributed by atoms with E-state index in [1.807, 2.05) is 18.7 Å². The minimum absolute atomic E-state index is 0.0100. The third-order valence-corrected chi connectivity index (χ3v) is 10.6. The summed E-state index contributed by atoms with van der Waals surface area (Å²) >= 11 is 1.91. The van der Waals surface area contributed by atoms with E-state index in [1.165, 1.54) is 127 Å². The van der Waals surface area contributed by atoms with Crippen LogP contribution in [0.25, 0.3) is 0 Å². The number of likely N-dealkylation sites (tertiary alicyclic amines) is 1. The fraction of sp³-hybridized carbons (Fsp3) is 0.921. The summed E-state index contributed by atoms with van der Waals surface area (Å²) in [6.45, 7) is 10.5. The van der Waals surface area contributed by atoms with Crippen molar-refractivity contribution >= 4 is 29.5 Å². The second-order valence-electron chi connectivity index (χ2n) is 13.7. The molecule has 2 atom stereocenters. The molecule has 8 heteroatoms. The van der Waals surface area contributed by atoms with Gasteiger partial charge in [-0.15, -0.1) is 0 Å². The first kappa shape index (κ1) is 42.9. The normalized spacial score (nSPS) is 15.6. The van der Waals surface area contributed by atoms with Crippen LogP contribution in [-0.2, 0) is 14.4 Å². The number of nitrogens with zero attached hydrogens (tertiary/aromatic N) is 1. The number of thioether (sulfide) groups is 1. The number of carbonyl (C=O) groups excluding carboxylic acids is 3. The largest absolute Gasteiger partial charge is 0.355 e. The molecule has 1 aliphatic heterocycles. The lowest BCUT2D eigenvalue weighted by atomic mass is 9.98. The molecule has 0 aromatic rings. The topological polar surface area (TPSA) is 90.5 Å². The van der Waals surface area contributed by atoms with E-state index in [4.69, 9.17) is 0 Å². The van der Waals surface area contributed by atoms with Crippen molar-refractivity contribution in [1.29, 1.82) is 0 Å². The number of amides is 3. The Morgan fingerprint density at radius 1 is 0.696 bits per heavy atom. The van der Waals surface area contributed by atoms with Crippen LogP contribution in [-0.4, -0.2) is 73.4 Å². The Labute approximate surface area is 288 Å². The van der Waals surface area contributed by atoms with Crippen LogP contribution in [0.15, 0.2) is 0 Å². The van der Waals surface area contributed by atoms with Crippen LogP contribution in [0.3, 0.4) is 0 Å². The molecule has 1 heterocycles. The molecule has 7 nitrogen and oxygen atoms in total. The number of hydrogen-bond acceptors (Lipinski definition) is 6. The first-order valence-electron chi connectivity index (χ1n) is 19.6. The van der Waals surface area contributed by atoms with E-state index >= 15 is 0 Å². The van der Waals surface area contributed by atoms with E-state index in [0.717, 1.165) is 44.0 Å². The predicted molar refractivity (Wildman–Crippen MR) is 198 cm³/mol. The molecule has 2 unspecified atom stereocenters. The van der Waals surface area contributed by atoms with Gasteiger partial charge in [0, 0.05) is 63.3 Å². The van der Waals surface area contributed by atoms with Crippen LogP contribution in [0.5, 0.6) is 0 Å². The van der Waals surface area contributed by atoms with Gasteiger partial charge in [-0.3, -0.25) is 19.3 Å². The third-order valence-electron chi connectivity index (χ3n) is 9.29. The van der Waals surface area contributed by atoms with Crippen molar-refractivity contribution in [1.82, 2.24) is 20.9 Å². The number of imide groups is 1. The molecule has 1 aliphatic rings. The summed E-state index contributed by atoms with van der Waals surface area (Å²) in [5.41, 5.74) is 0. The van der Waals surface area contributed by atoms with Crippen molar-refractivity contribution in [3.8, 4) is 0 Å². The van der Waals surface area contributed by atoms with Crippen molar-refractivity contribution in [3.05, 3.63) is 0 Å². The van der Waals surface area contributed by atoms with Gasteiger partial charge >= 0.3 is 0 Å². The zero-order chi connectivity index (χ0) is 33.5. The molecular formula is C38H74N4O3S. The van der Waals surface area contributed by atoms with Gasteiger partial charge in [0.1, 0.15) is 0 Å². The Balaban J connectivity index is 1.92. The van der Waals surface area contributed by atoms with Gasteiger partial charge in [-0.1, -0.05) is 143 Å². The first-order valence-corrected chi connectivity index (χ1v) is 20.8. The summed E-state index contributed by atoms with van der Waals surface area (Å²) in [4.78, 5) is 39.0. The first-order chi connectivity index (χ1) is 22.5. The lowest BCUT2D eigenvalue weighted by Crippen LogP contribution is -2.40. The Morgan fingerprint density at radius 3 is 1.74 bits per heavy atom. The van der Waals surface area contributed by atoms with Crippen LogP contribution in [0.2, 0.25) is 0 Å². The average Bonchev–Trinajstić information content (AvgIpc) is 3.32. The van der Waals surface area contributed by atoms with Gasteiger partial charge < -0.3 is 16.0 Å². The second-order valence-corrected chi connectivity index (χ2v) is 14.9. The lowest BCUT2D eigenvalue weighted by Gasteiger charge is -2.16. The quantitative estimate of drug-likeness (QED) is 0.0473. The third kappa shape index (κ3) is 23.2. The van der Waals surface area contributed by atoms with Gasteiger partial charge in [0.2, 0.25) is 17.7 Å². The lowest BCUT2D eigenvalue weighted by molar-refractivity contribution is -0.139. The number of unbranched alkanes of at least 4 members (excludes halogenated alkanes) is 18. The molecule has 3 amide bonds. The van der Waals surface area contributed by atoms with E-state index < -0.39 is 0 Å². The summed E-state index contributed by atoms with van der Waals surface area (Å²) in [6, 6.07) is 0. The molecule has 1 saturated heterocycles. The Morgan fingerprint density at radius 2 is 1.17 bits per heavy atom. The van der Waals surface area contributed by atoms with E-state index in [9.17, 15) is 14.4 Å². The molecule has 46 heavy (non-hydrogen) atoms. The summed E-state index contributed by atoms with van der Waals surface area (Å²) < 4.78 is 0. The van der Waals surface area contributed by atoms with Crippen molar-refractivity contribution in [2.45, 2.75) is 162 Å². The van der Waals surface area contributed by atoms with Crippen molar-refractivity contribution in [3.63, 3.8) is 0 Å². The highest BCUT2D eigenvalue weighted by molar-refractivity contribution is 7.99. The highest BCUT2D eigenvalue weighted by Gasteiger charge is 2.37. The van der Waals surface area contributed by atoms with Gasteiger partial charge in [0.15, 0.2) is 0 Å². The molecule has 0 aromatic carbocycles. The maximum absolute atomic E-state index is 12.7. The predicted octanol–water partition coefficient (Wildman–Crippen LogP) is 8.26. The molecule has 1 rings (SSSR count). The van der Waals surface area contributed by atoms with E-state index in [0.29, 0.717) is 26.1 Å². The Bertz CT molecular complexity index is 753. The van der Waals surface area contributed by atoms with Crippen molar-refractivity contribution in [2.24, 2.45) is 11.8 Å². The Hall–Kier alpha value is -1.12. The van der Waals surface area contributed by atoms with Crippen molar-refractivity contribution in [2.75, 3.05) is 50.8 Å². The van der Waals surface area contributed by atoms with Crippen LogP contribution in [0.4, 0.5) is 0 Å². The molecule has 1 fully saturated rings. The number of carbonyl (C=O) groups is 3. The average molecular weight is 667 g/mol. The maximum Gasteiger partial charge on any atom is 0.232 e. The number of nitrogens with one attached hydrogen (secondary N) is 3. The summed E-state index contributed by atoms with van der Waals surface area (Å²) in [5.74, 6) is 2.14. The molecule has 270 valence electrons. The zero-order valence-corrected chi connectivity index (χ0v) is 31.3. The van der Waals surface area contributed by atoms with Gasteiger partial charge in [0.05, 0.1) is 0 Å². The molecular weight excluding hydrogens is 593 g/mol. The molecule has 0 spiro atoms. The highest BCUT2D eigenvalue weighted by atomic mass is 32.2. The SMILES string of the molecule is CCCCCCCCCCCCSCC(C)C(=O)NCCNCCNCCN1C(=O)CC(CCCCCCCCCCCC)C1=O. The number of rotatable bonds is 34. The molecule has 3 N–H and O–H groups in total. The number of hydrogen-bond donors (Lipinski definition) is 3. The van der Waals surface area contributed by atoms with Crippen molar-refractivity contribution < 1.29 is 14.4 Å². The molecule has 0 radical (unpaired) electrons. The smallest absolute Gasteiger partial charge is 0.232 e. The van der Waals surface area contributed by atoms with E-state index in [-0.39, 0.29) is 29.6 Å². The highest BCUT2D eigenvalue weighted by Crippen LogP contribution is 2.25. The maximum atomic E-state index is 12.7. The minimum atomic E-state index is -0.107. The minimum Gasteiger partial charge on any atom is -0.355 e. The van der Waals surface area contributed by atoms with Crippen LogP contribution in [0.1, 0.15) is 162 Å². The van der Waals surface area contributed by atoms with Crippen LogP contribution < -0.4 is 16.0 Å². The van der Waals surface area contributed by atoms with Crippen LogP contribution in [0, 0.1) is 11.8 Å². The molecule has 0 bridgehead atoms.